The summed E-state index contributed by atoms with van der Waals surface area (Å²) >= 11 is 5.35. The van der Waals surface area contributed by atoms with Gasteiger partial charge >= 0.3 is 0 Å². The molecule has 0 atom stereocenters. The van der Waals surface area contributed by atoms with Crippen molar-refractivity contribution in [3.8, 4) is 0 Å². The average Bonchev–Trinajstić information content (AvgIpc) is 2.76. The van der Waals surface area contributed by atoms with Gasteiger partial charge in [-0.1, -0.05) is 38.1 Å². The van der Waals surface area contributed by atoms with Gasteiger partial charge in [0.05, 0.1) is 17.6 Å². The quantitative estimate of drug-likeness (QED) is 0.674. The van der Waals surface area contributed by atoms with Crippen molar-refractivity contribution in [2.45, 2.75) is 26.3 Å². The normalized spacial score (nSPS) is 11.4. The molecule has 0 saturated heterocycles. The summed E-state index contributed by atoms with van der Waals surface area (Å²) in [6.07, 6.45) is 0. The van der Waals surface area contributed by atoms with Crippen molar-refractivity contribution in [2.75, 3.05) is 0 Å². The number of rotatable bonds is 3. The van der Waals surface area contributed by atoms with Crippen LogP contribution in [0.3, 0.4) is 0 Å². The third-order valence-electron chi connectivity index (χ3n) is 3.72. The van der Waals surface area contributed by atoms with Crippen LogP contribution in [0.15, 0.2) is 42.5 Å². The maximum absolute atomic E-state index is 13.4. The second-order valence-electron chi connectivity index (χ2n) is 5.57. The van der Waals surface area contributed by atoms with Crippen LogP contribution in [0, 0.1) is 10.6 Å². The first-order valence-corrected chi connectivity index (χ1v) is 7.42. The number of aromatic nitrogens is 2. The van der Waals surface area contributed by atoms with E-state index in [2.05, 4.69) is 43.1 Å². The predicted molar refractivity (Wildman–Crippen MR) is 86.7 cm³/mol. The Hall–Kier alpha value is -1.94. The highest BCUT2D eigenvalue weighted by Gasteiger charge is 2.07. The molecule has 0 amide bonds. The zero-order valence-corrected chi connectivity index (χ0v) is 12.9. The molecule has 0 saturated carbocycles. The van der Waals surface area contributed by atoms with Crippen molar-refractivity contribution < 1.29 is 4.39 Å². The molecule has 21 heavy (non-hydrogen) atoms. The largest absolute Gasteiger partial charge is 0.331 e. The van der Waals surface area contributed by atoms with Gasteiger partial charge in [-0.25, -0.2) is 4.39 Å². The van der Waals surface area contributed by atoms with Gasteiger partial charge < -0.3 is 9.55 Å². The van der Waals surface area contributed by atoms with Crippen LogP contribution in [0.1, 0.15) is 30.9 Å². The summed E-state index contributed by atoms with van der Waals surface area (Å²) in [5, 5.41) is 0. The van der Waals surface area contributed by atoms with Crippen molar-refractivity contribution in [2.24, 2.45) is 0 Å². The van der Waals surface area contributed by atoms with Crippen molar-refractivity contribution >= 4 is 23.3 Å². The third kappa shape index (κ3) is 2.76. The van der Waals surface area contributed by atoms with Crippen LogP contribution in [-0.4, -0.2) is 9.55 Å². The van der Waals surface area contributed by atoms with Gasteiger partial charge in [0.25, 0.3) is 0 Å². The van der Waals surface area contributed by atoms with E-state index < -0.39 is 0 Å². The zero-order valence-electron chi connectivity index (χ0n) is 12.1. The second kappa shape index (κ2) is 5.45. The van der Waals surface area contributed by atoms with Crippen LogP contribution in [0.2, 0.25) is 0 Å². The molecule has 0 radical (unpaired) electrons. The fourth-order valence-corrected chi connectivity index (χ4v) is 2.75. The fourth-order valence-electron chi connectivity index (χ4n) is 2.47. The van der Waals surface area contributed by atoms with Crippen LogP contribution < -0.4 is 0 Å². The van der Waals surface area contributed by atoms with Gasteiger partial charge in [-0.05, 0) is 47.5 Å². The summed E-state index contributed by atoms with van der Waals surface area (Å²) in [6, 6.07) is 13.2. The molecule has 0 aliphatic heterocycles. The zero-order chi connectivity index (χ0) is 15.0. The van der Waals surface area contributed by atoms with Crippen molar-refractivity contribution in [1.29, 1.82) is 0 Å². The number of hydrogen-bond donors (Lipinski definition) is 1. The number of benzene rings is 2. The molecule has 0 aliphatic carbocycles. The lowest BCUT2D eigenvalue weighted by molar-refractivity contribution is 0.628. The monoisotopic (exact) mass is 300 g/mol. The van der Waals surface area contributed by atoms with Gasteiger partial charge in [0.2, 0.25) is 0 Å². The molecule has 1 aromatic heterocycles. The Morgan fingerprint density at radius 2 is 1.86 bits per heavy atom. The topological polar surface area (TPSA) is 20.7 Å². The molecule has 4 heteroatoms. The number of hydrogen-bond acceptors (Lipinski definition) is 1. The highest BCUT2D eigenvalue weighted by atomic mass is 32.1. The van der Waals surface area contributed by atoms with Crippen LogP contribution in [-0.2, 0) is 6.54 Å². The van der Waals surface area contributed by atoms with Crippen molar-refractivity contribution in [3.05, 3.63) is 64.2 Å². The van der Waals surface area contributed by atoms with Crippen LogP contribution in [0.5, 0.6) is 0 Å². The number of nitrogens with one attached hydrogen (secondary N) is 1. The molecule has 3 rings (SSSR count). The molecule has 108 valence electrons. The Morgan fingerprint density at radius 1 is 1.14 bits per heavy atom. The number of imidazole rings is 1. The average molecular weight is 300 g/mol. The molecule has 2 nitrogen and oxygen atoms in total. The molecule has 3 aromatic rings. The van der Waals surface area contributed by atoms with E-state index in [4.69, 9.17) is 12.2 Å². The van der Waals surface area contributed by atoms with Gasteiger partial charge in [0.1, 0.15) is 5.82 Å². The highest BCUT2D eigenvalue weighted by molar-refractivity contribution is 7.71. The third-order valence-corrected chi connectivity index (χ3v) is 4.05. The Labute approximate surface area is 128 Å². The Morgan fingerprint density at radius 3 is 2.52 bits per heavy atom. The molecule has 1 heterocycles. The summed E-state index contributed by atoms with van der Waals surface area (Å²) < 4.78 is 16.0. The first-order valence-electron chi connectivity index (χ1n) is 7.01. The van der Waals surface area contributed by atoms with Crippen molar-refractivity contribution in [3.63, 3.8) is 0 Å². The van der Waals surface area contributed by atoms with E-state index in [1.807, 2.05) is 4.57 Å². The molecular weight excluding hydrogens is 283 g/mol. The molecule has 0 fully saturated rings. The van der Waals surface area contributed by atoms with E-state index in [1.165, 1.54) is 17.7 Å². The second-order valence-corrected chi connectivity index (χ2v) is 5.96. The first-order chi connectivity index (χ1) is 10.0. The van der Waals surface area contributed by atoms with E-state index in [1.54, 1.807) is 6.07 Å². The minimum Gasteiger partial charge on any atom is -0.331 e. The van der Waals surface area contributed by atoms with Gasteiger partial charge in [-0.15, -0.1) is 0 Å². The minimum atomic E-state index is -0.250. The van der Waals surface area contributed by atoms with Crippen LogP contribution >= 0.6 is 12.2 Å². The van der Waals surface area contributed by atoms with E-state index in [0.29, 0.717) is 17.2 Å². The molecule has 0 aliphatic rings. The molecule has 1 N–H and O–H groups in total. The van der Waals surface area contributed by atoms with Crippen molar-refractivity contribution in [1.82, 2.24) is 9.55 Å². The minimum absolute atomic E-state index is 0.250. The lowest BCUT2D eigenvalue weighted by atomic mass is 10.0. The van der Waals surface area contributed by atoms with Gasteiger partial charge in [-0.3, -0.25) is 0 Å². The van der Waals surface area contributed by atoms with E-state index in [0.717, 1.165) is 16.6 Å². The van der Waals surface area contributed by atoms with Gasteiger partial charge in [0, 0.05) is 0 Å². The van der Waals surface area contributed by atoms with E-state index in [-0.39, 0.29) is 5.82 Å². The summed E-state index contributed by atoms with van der Waals surface area (Å²) in [4.78, 5) is 3.12. The smallest absolute Gasteiger partial charge is 0.178 e. The van der Waals surface area contributed by atoms with Gasteiger partial charge in [0.15, 0.2) is 4.77 Å². The lowest BCUT2D eigenvalue weighted by Gasteiger charge is -2.08. The van der Waals surface area contributed by atoms with Crippen LogP contribution in [0.25, 0.3) is 11.0 Å². The lowest BCUT2D eigenvalue weighted by Crippen LogP contribution is -2.00. The number of aromatic amines is 1. The summed E-state index contributed by atoms with van der Waals surface area (Å²) in [7, 11) is 0. The SMILES string of the molecule is CC(C)c1ccc(Cn2c(=S)[nH]c3ccc(F)cc32)cc1. The van der Waals surface area contributed by atoms with E-state index >= 15 is 0 Å². The number of H-pyrrole nitrogens is 1. The predicted octanol–water partition coefficient (Wildman–Crippen LogP) is 5.01. The molecule has 0 bridgehead atoms. The maximum Gasteiger partial charge on any atom is 0.178 e. The standard InChI is InChI=1S/C17H17FN2S/c1-11(2)13-5-3-12(4-6-13)10-20-16-9-14(18)7-8-15(16)19-17(20)21/h3-9,11H,10H2,1-2H3,(H,19,21). The van der Waals surface area contributed by atoms with Gasteiger partial charge in [-0.2, -0.15) is 0 Å². The summed E-state index contributed by atoms with van der Waals surface area (Å²) in [5.41, 5.74) is 4.13. The number of halogens is 1. The first kappa shape index (κ1) is 14.0. The van der Waals surface area contributed by atoms with E-state index in [9.17, 15) is 4.39 Å². The Balaban J connectivity index is 1.99. The Bertz CT molecular complexity index is 828. The van der Waals surface area contributed by atoms with Crippen LogP contribution in [0.4, 0.5) is 4.39 Å². The summed E-state index contributed by atoms with van der Waals surface area (Å²) in [6.45, 7) is 4.99. The molecule has 2 aromatic carbocycles. The molecule has 0 unspecified atom stereocenters. The molecule has 0 spiro atoms. The number of fused-ring (bicyclic) bond motifs is 1. The number of nitrogens with zero attached hydrogens (tertiary/aromatic N) is 1. The fraction of sp³-hybridized carbons (Fsp3) is 0.235. The highest BCUT2D eigenvalue weighted by Crippen LogP contribution is 2.19. The summed E-state index contributed by atoms with van der Waals surface area (Å²) in [5.74, 6) is 0.267. The maximum atomic E-state index is 13.4. The molecular formula is C17H17FN2S. The Kier molecular flexibility index (Phi) is 3.64.